The molecule has 158 valence electrons. The number of aryl methyl sites for hydroxylation is 1. The molecule has 0 radical (unpaired) electrons. The Morgan fingerprint density at radius 1 is 1.07 bits per heavy atom. The molecule has 0 aliphatic carbocycles. The van der Waals surface area contributed by atoms with E-state index in [4.69, 9.17) is 4.98 Å². The van der Waals surface area contributed by atoms with Gasteiger partial charge in [-0.2, -0.15) is 0 Å². The number of para-hydroxylation sites is 1. The summed E-state index contributed by atoms with van der Waals surface area (Å²) in [6.45, 7) is 7.98. The van der Waals surface area contributed by atoms with Crippen molar-refractivity contribution in [3.8, 4) is 0 Å². The number of likely N-dealkylation sites (N-methyl/N-ethyl adjacent to an activating group) is 1. The largest absolute Gasteiger partial charge is 0.340 e. The van der Waals surface area contributed by atoms with Gasteiger partial charge < -0.3 is 10.2 Å². The molecule has 6 heteroatoms. The number of nitrogens with one attached hydrogen (secondary N) is 1. The fourth-order valence-electron chi connectivity index (χ4n) is 3.43. The maximum atomic E-state index is 13.3. The van der Waals surface area contributed by atoms with Gasteiger partial charge in [-0.1, -0.05) is 44.2 Å². The molecule has 3 rings (SSSR count). The third kappa shape index (κ3) is 4.87. The van der Waals surface area contributed by atoms with Crippen LogP contribution in [0, 0.1) is 12.8 Å². The van der Waals surface area contributed by atoms with E-state index in [2.05, 4.69) is 19.2 Å². The van der Waals surface area contributed by atoms with Gasteiger partial charge in [-0.3, -0.25) is 9.59 Å². The first kappa shape index (κ1) is 22.0. The Balaban J connectivity index is 1.79. The summed E-state index contributed by atoms with van der Waals surface area (Å²) in [5, 5.41) is 3.86. The molecular formula is C24H29N3O2S. The molecule has 0 bridgehead atoms. The van der Waals surface area contributed by atoms with E-state index in [0.717, 1.165) is 20.8 Å². The summed E-state index contributed by atoms with van der Waals surface area (Å²) in [7, 11) is 1.78. The van der Waals surface area contributed by atoms with Crippen molar-refractivity contribution in [3.63, 3.8) is 0 Å². The van der Waals surface area contributed by atoms with E-state index in [1.54, 1.807) is 29.4 Å². The normalized spacial score (nSPS) is 13.3. The van der Waals surface area contributed by atoms with Crippen LogP contribution in [0.3, 0.4) is 0 Å². The van der Waals surface area contributed by atoms with Gasteiger partial charge in [-0.15, -0.1) is 11.3 Å². The molecule has 1 heterocycles. The Hall–Kier alpha value is -2.73. The molecule has 0 aliphatic heterocycles. The van der Waals surface area contributed by atoms with Crippen LogP contribution in [0.15, 0.2) is 48.5 Å². The van der Waals surface area contributed by atoms with E-state index in [9.17, 15) is 9.59 Å². The number of carbonyl (C=O) groups is 2. The lowest BCUT2D eigenvalue weighted by Crippen LogP contribution is -2.48. The van der Waals surface area contributed by atoms with Crippen LogP contribution in [0.25, 0.3) is 10.2 Å². The predicted octanol–water partition coefficient (Wildman–Crippen LogP) is 4.97. The summed E-state index contributed by atoms with van der Waals surface area (Å²) in [6, 6.07) is 14.6. The maximum absolute atomic E-state index is 13.3. The number of aromatic nitrogens is 1. The van der Waals surface area contributed by atoms with Crippen LogP contribution in [0.2, 0.25) is 0 Å². The zero-order valence-corrected chi connectivity index (χ0v) is 19.0. The van der Waals surface area contributed by atoms with Crippen molar-refractivity contribution < 1.29 is 9.59 Å². The van der Waals surface area contributed by atoms with Crippen molar-refractivity contribution in [2.45, 2.75) is 46.2 Å². The number of hydrogen-bond acceptors (Lipinski definition) is 4. The molecule has 2 amide bonds. The number of hydrogen-bond donors (Lipinski definition) is 1. The minimum absolute atomic E-state index is 0.0996. The van der Waals surface area contributed by atoms with E-state index < -0.39 is 6.04 Å². The van der Waals surface area contributed by atoms with Crippen LogP contribution >= 0.6 is 11.3 Å². The molecule has 0 saturated carbocycles. The Morgan fingerprint density at radius 3 is 2.40 bits per heavy atom. The first-order valence-electron chi connectivity index (χ1n) is 10.3. The van der Waals surface area contributed by atoms with Gasteiger partial charge in [-0.05, 0) is 49.9 Å². The van der Waals surface area contributed by atoms with Crippen molar-refractivity contribution in [3.05, 3.63) is 64.7 Å². The molecule has 3 aromatic rings. The van der Waals surface area contributed by atoms with Crippen LogP contribution in [0.1, 0.15) is 54.2 Å². The highest BCUT2D eigenvalue weighted by Gasteiger charge is 2.29. The van der Waals surface area contributed by atoms with Gasteiger partial charge in [0, 0.05) is 12.6 Å². The summed E-state index contributed by atoms with van der Waals surface area (Å²) in [5.74, 6) is -0.0483. The summed E-state index contributed by atoms with van der Waals surface area (Å²) in [5.41, 5.74) is 2.43. The van der Waals surface area contributed by atoms with Gasteiger partial charge in [0.1, 0.15) is 11.0 Å². The Bertz CT molecular complexity index is 1010. The second kappa shape index (κ2) is 9.39. The highest BCUT2D eigenvalue weighted by atomic mass is 32.1. The number of thiazole rings is 1. The highest BCUT2D eigenvalue weighted by Crippen LogP contribution is 2.29. The maximum Gasteiger partial charge on any atom is 0.252 e. The monoisotopic (exact) mass is 423 g/mol. The highest BCUT2D eigenvalue weighted by molar-refractivity contribution is 7.18. The average Bonchev–Trinajstić information content (AvgIpc) is 3.15. The zero-order valence-electron chi connectivity index (χ0n) is 18.2. The van der Waals surface area contributed by atoms with Crippen LogP contribution in [0.5, 0.6) is 0 Å². The molecule has 1 N–H and O–H groups in total. The molecular weight excluding hydrogens is 394 g/mol. The third-order valence-electron chi connectivity index (χ3n) is 5.30. The van der Waals surface area contributed by atoms with Crippen molar-refractivity contribution in [2.24, 2.45) is 5.92 Å². The smallest absolute Gasteiger partial charge is 0.252 e. The van der Waals surface area contributed by atoms with Crippen molar-refractivity contribution in [1.82, 2.24) is 15.2 Å². The van der Waals surface area contributed by atoms with E-state index in [1.807, 2.05) is 56.3 Å². The standard InChI is InChI=1S/C24H29N3O2S/c1-15(2)14-20(25-22(28)18-11-7-6-10-16(18)3)24(29)27(5)17(4)23-26-19-12-8-9-13-21(19)30-23/h6-13,15,17,20H,14H2,1-5H3,(H,25,28)/t17-,20-/m1/s1. The molecule has 2 aromatic carbocycles. The van der Waals surface area contributed by atoms with E-state index in [1.165, 1.54) is 0 Å². The number of amides is 2. The second-order valence-electron chi connectivity index (χ2n) is 8.12. The molecule has 1 aromatic heterocycles. The lowest BCUT2D eigenvalue weighted by Gasteiger charge is -2.29. The fourth-order valence-corrected chi connectivity index (χ4v) is 4.49. The SMILES string of the molecule is Cc1ccccc1C(=O)N[C@H](CC(C)C)C(=O)N(C)[C@H](C)c1nc2ccccc2s1. The molecule has 30 heavy (non-hydrogen) atoms. The van der Waals surface area contributed by atoms with Crippen molar-refractivity contribution in [1.29, 1.82) is 0 Å². The molecule has 0 aliphatic rings. The van der Waals surface area contributed by atoms with Crippen LogP contribution in [0.4, 0.5) is 0 Å². The number of fused-ring (bicyclic) bond motifs is 1. The number of benzene rings is 2. The van der Waals surface area contributed by atoms with E-state index >= 15 is 0 Å². The predicted molar refractivity (Wildman–Crippen MR) is 123 cm³/mol. The first-order valence-corrected chi connectivity index (χ1v) is 11.1. The summed E-state index contributed by atoms with van der Waals surface area (Å²) < 4.78 is 1.10. The second-order valence-corrected chi connectivity index (χ2v) is 9.18. The molecule has 0 unspecified atom stereocenters. The molecule has 5 nitrogen and oxygen atoms in total. The minimum Gasteiger partial charge on any atom is -0.340 e. The van der Waals surface area contributed by atoms with Crippen LogP contribution in [-0.2, 0) is 4.79 Å². The molecule has 0 fully saturated rings. The Kier molecular flexibility index (Phi) is 6.87. The van der Waals surface area contributed by atoms with Gasteiger partial charge in [-0.25, -0.2) is 4.98 Å². The number of carbonyl (C=O) groups excluding carboxylic acids is 2. The van der Waals surface area contributed by atoms with Gasteiger partial charge in [0.2, 0.25) is 5.91 Å². The third-order valence-corrected chi connectivity index (χ3v) is 6.50. The Morgan fingerprint density at radius 2 is 1.73 bits per heavy atom. The molecule has 2 atom stereocenters. The number of nitrogens with zero attached hydrogens (tertiary/aromatic N) is 2. The van der Waals surface area contributed by atoms with Crippen molar-refractivity contribution >= 4 is 33.4 Å². The molecule has 0 spiro atoms. The summed E-state index contributed by atoms with van der Waals surface area (Å²) in [4.78, 5) is 32.6. The van der Waals surface area contributed by atoms with Gasteiger partial charge in [0.05, 0.1) is 16.3 Å². The fraction of sp³-hybridized carbons (Fsp3) is 0.375. The summed E-state index contributed by atoms with van der Waals surface area (Å²) in [6.07, 6.45) is 0.577. The lowest BCUT2D eigenvalue weighted by molar-refractivity contribution is -0.134. The minimum atomic E-state index is -0.584. The topological polar surface area (TPSA) is 62.3 Å². The van der Waals surface area contributed by atoms with Crippen LogP contribution in [-0.4, -0.2) is 34.8 Å². The first-order chi connectivity index (χ1) is 14.3. The van der Waals surface area contributed by atoms with Gasteiger partial charge >= 0.3 is 0 Å². The van der Waals surface area contributed by atoms with Gasteiger partial charge in [0.15, 0.2) is 0 Å². The van der Waals surface area contributed by atoms with Gasteiger partial charge in [0.25, 0.3) is 5.91 Å². The number of rotatable bonds is 7. The quantitative estimate of drug-likeness (QED) is 0.584. The summed E-state index contributed by atoms with van der Waals surface area (Å²) >= 11 is 1.60. The average molecular weight is 424 g/mol. The molecule has 0 saturated heterocycles. The zero-order chi connectivity index (χ0) is 21.8. The van der Waals surface area contributed by atoms with E-state index in [-0.39, 0.29) is 23.8 Å². The lowest BCUT2D eigenvalue weighted by atomic mass is 10.0. The van der Waals surface area contributed by atoms with E-state index in [0.29, 0.717) is 12.0 Å². The Labute approximate surface area is 182 Å². The van der Waals surface area contributed by atoms with Crippen LogP contribution < -0.4 is 5.32 Å². The van der Waals surface area contributed by atoms with Crippen molar-refractivity contribution in [2.75, 3.05) is 7.05 Å².